The third-order valence-electron chi connectivity index (χ3n) is 1.87. The fraction of sp³-hybridized carbons (Fsp3) is 0.222. The van der Waals surface area contributed by atoms with Crippen LogP contribution in [-0.4, -0.2) is 6.29 Å². The van der Waals surface area contributed by atoms with Gasteiger partial charge in [0.1, 0.15) is 6.29 Å². The van der Waals surface area contributed by atoms with Crippen LogP contribution >= 0.6 is 0 Å². The number of nitrogens with two attached hydrogens (primary N) is 1. The second-order valence-electron chi connectivity index (χ2n) is 2.67. The minimum Gasteiger partial charge on any atom is -0.398 e. The predicted octanol–water partition coefficient (Wildman–Crippen LogP) is 1.70. The van der Waals surface area contributed by atoms with E-state index in [-0.39, 0.29) is 0 Å². The number of anilines is 1. The molecule has 0 aromatic heterocycles. The van der Waals surface area contributed by atoms with Gasteiger partial charge in [0.25, 0.3) is 0 Å². The second-order valence-corrected chi connectivity index (χ2v) is 2.67. The van der Waals surface area contributed by atoms with E-state index in [1.54, 1.807) is 6.07 Å². The van der Waals surface area contributed by atoms with Crippen LogP contribution in [-0.2, 0) is 0 Å². The van der Waals surface area contributed by atoms with E-state index in [1.165, 1.54) is 0 Å². The van der Waals surface area contributed by atoms with Crippen molar-refractivity contribution < 1.29 is 4.79 Å². The molecule has 0 bridgehead atoms. The molecule has 58 valence electrons. The average molecular weight is 149 g/mol. The minimum absolute atomic E-state index is 0.644. The Morgan fingerprint density at radius 2 is 2.00 bits per heavy atom. The SMILES string of the molecule is Cc1cc(C=O)cc(N)c1C. The van der Waals surface area contributed by atoms with Crippen LogP contribution in [0.25, 0.3) is 0 Å². The summed E-state index contributed by atoms with van der Waals surface area (Å²) in [6, 6.07) is 3.52. The van der Waals surface area contributed by atoms with Crippen LogP contribution in [0.3, 0.4) is 0 Å². The molecule has 2 N–H and O–H groups in total. The Morgan fingerprint density at radius 3 is 2.45 bits per heavy atom. The van der Waals surface area contributed by atoms with Gasteiger partial charge in [0, 0.05) is 11.3 Å². The van der Waals surface area contributed by atoms with E-state index in [0.29, 0.717) is 11.3 Å². The molecular weight excluding hydrogens is 138 g/mol. The molecule has 0 aliphatic heterocycles. The van der Waals surface area contributed by atoms with Gasteiger partial charge < -0.3 is 5.73 Å². The first-order chi connectivity index (χ1) is 5.15. The summed E-state index contributed by atoms with van der Waals surface area (Å²) in [5.41, 5.74) is 9.08. The Labute approximate surface area is 66.0 Å². The summed E-state index contributed by atoms with van der Waals surface area (Å²) in [4.78, 5) is 10.4. The number of aryl methyl sites for hydroxylation is 1. The Morgan fingerprint density at radius 1 is 1.36 bits per heavy atom. The molecule has 11 heavy (non-hydrogen) atoms. The van der Waals surface area contributed by atoms with Crippen molar-refractivity contribution in [3.05, 3.63) is 28.8 Å². The highest BCUT2D eigenvalue weighted by atomic mass is 16.1. The molecule has 0 saturated carbocycles. The molecule has 1 aromatic carbocycles. The number of nitrogen functional groups attached to an aromatic ring is 1. The number of carbonyl (C=O) groups excluding carboxylic acids is 1. The van der Waals surface area contributed by atoms with Gasteiger partial charge in [-0.1, -0.05) is 0 Å². The van der Waals surface area contributed by atoms with Crippen LogP contribution in [0.15, 0.2) is 12.1 Å². The topological polar surface area (TPSA) is 43.1 Å². The van der Waals surface area contributed by atoms with Gasteiger partial charge >= 0.3 is 0 Å². The monoisotopic (exact) mass is 149 g/mol. The van der Waals surface area contributed by atoms with E-state index in [2.05, 4.69) is 0 Å². The maximum absolute atomic E-state index is 10.4. The number of hydrogen-bond donors (Lipinski definition) is 1. The predicted molar refractivity (Wildman–Crippen MR) is 45.7 cm³/mol. The highest BCUT2D eigenvalue weighted by Gasteiger charge is 1.99. The van der Waals surface area contributed by atoms with Crippen molar-refractivity contribution in [1.82, 2.24) is 0 Å². The van der Waals surface area contributed by atoms with E-state index in [1.807, 2.05) is 19.9 Å². The lowest BCUT2D eigenvalue weighted by molar-refractivity contribution is 0.112. The van der Waals surface area contributed by atoms with Crippen molar-refractivity contribution in [3.8, 4) is 0 Å². The van der Waals surface area contributed by atoms with E-state index in [0.717, 1.165) is 17.4 Å². The Hall–Kier alpha value is -1.31. The molecule has 0 amide bonds. The lowest BCUT2D eigenvalue weighted by atomic mass is 10.1. The summed E-state index contributed by atoms with van der Waals surface area (Å²) in [5, 5.41) is 0. The van der Waals surface area contributed by atoms with E-state index < -0.39 is 0 Å². The summed E-state index contributed by atoms with van der Waals surface area (Å²) in [6.45, 7) is 3.89. The first-order valence-electron chi connectivity index (χ1n) is 3.47. The van der Waals surface area contributed by atoms with Gasteiger partial charge in [-0.15, -0.1) is 0 Å². The van der Waals surface area contributed by atoms with Gasteiger partial charge in [0.15, 0.2) is 0 Å². The molecular formula is C9H11NO. The van der Waals surface area contributed by atoms with E-state index in [9.17, 15) is 4.79 Å². The van der Waals surface area contributed by atoms with Gasteiger partial charge in [-0.3, -0.25) is 4.79 Å². The molecule has 0 saturated heterocycles. The molecule has 1 rings (SSSR count). The van der Waals surface area contributed by atoms with Crippen LogP contribution in [0.1, 0.15) is 21.5 Å². The van der Waals surface area contributed by atoms with Crippen LogP contribution in [0.2, 0.25) is 0 Å². The zero-order valence-electron chi connectivity index (χ0n) is 6.72. The molecule has 1 aromatic rings. The maximum Gasteiger partial charge on any atom is 0.150 e. The van der Waals surface area contributed by atoms with Gasteiger partial charge in [0.2, 0.25) is 0 Å². The Bertz CT molecular complexity index is 269. The first kappa shape index (κ1) is 7.79. The molecule has 0 atom stereocenters. The molecule has 0 aliphatic rings. The van der Waals surface area contributed by atoms with Crippen molar-refractivity contribution >= 4 is 12.0 Å². The number of rotatable bonds is 1. The molecule has 0 aliphatic carbocycles. The summed E-state index contributed by atoms with van der Waals surface area (Å²) in [7, 11) is 0. The molecule has 0 unspecified atom stereocenters. The average Bonchev–Trinajstić information content (AvgIpc) is 1.99. The molecule has 0 radical (unpaired) electrons. The highest BCUT2D eigenvalue weighted by molar-refractivity contribution is 5.78. The fourth-order valence-corrected chi connectivity index (χ4v) is 0.983. The maximum atomic E-state index is 10.4. The number of benzene rings is 1. The van der Waals surface area contributed by atoms with Crippen LogP contribution < -0.4 is 5.73 Å². The van der Waals surface area contributed by atoms with Crippen LogP contribution in [0.5, 0.6) is 0 Å². The summed E-state index contributed by atoms with van der Waals surface area (Å²) >= 11 is 0. The quantitative estimate of drug-likeness (QED) is 0.487. The van der Waals surface area contributed by atoms with Crippen molar-refractivity contribution in [2.45, 2.75) is 13.8 Å². The van der Waals surface area contributed by atoms with Gasteiger partial charge in [0.05, 0.1) is 0 Å². The second kappa shape index (κ2) is 2.74. The third-order valence-corrected chi connectivity index (χ3v) is 1.87. The van der Waals surface area contributed by atoms with Gasteiger partial charge in [-0.2, -0.15) is 0 Å². The largest absolute Gasteiger partial charge is 0.398 e. The van der Waals surface area contributed by atoms with E-state index >= 15 is 0 Å². The van der Waals surface area contributed by atoms with Gasteiger partial charge in [-0.25, -0.2) is 0 Å². The standard InChI is InChI=1S/C9H11NO/c1-6-3-8(5-11)4-9(10)7(6)2/h3-5H,10H2,1-2H3. The van der Waals surface area contributed by atoms with Gasteiger partial charge in [-0.05, 0) is 37.1 Å². The normalized spacial score (nSPS) is 9.64. The van der Waals surface area contributed by atoms with Crippen molar-refractivity contribution in [1.29, 1.82) is 0 Å². The zero-order valence-corrected chi connectivity index (χ0v) is 6.72. The summed E-state index contributed by atoms with van der Waals surface area (Å²) < 4.78 is 0. The van der Waals surface area contributed by atoms with Crippen molar-refractivity contribution in [3.63, 3.8) is 0 Å². The lowest BCUT2D eigenvalue weighted by Gasteiger charge is -2.03. The van der Waals surface area contributed by atoms with Crippen molar-refractivity contribution in [2.75, 3.05) is 5.73 Å². The lowest BCUT2D eigenvalue weighted by Crippen LogP contribution is -1.94. The van der Waals surface area contributed by atoms with Crippen LogP contribution in [0, 0.1) is 13.8 Å². The van der Waals surface area contributed by atoms with E-state index in [4.69, 9.17) is 5.73 Å². The third kappa shape index (κ3) is 1.40. The fourth-order valence-electron chi connectivity index (χ4n) is 0.983. The molecule has 2 nitrogen and oxygen atoms in total. The Balaban J connectivity index is 3.31. The molecule has 0 heterocycles. The van der Waals surface area contributed by atoms with Crippen molar-refractivity contribution in [2.24, 2.45) is 0 Å². The summed E-state index contributed by atoms with van der Waals surface area (Å²) in [5.74, 6) is 0. The Kier molecular flexibility index (Phi) is 1.94. The molecule has 0 spiro atoms. The zero-order chi connectivity index (χ0) is 8.43. The smallest absolute Gasteiger partial charge is 0.150 e. The highest BCUT2D eigenvalue weighted by Crippen LogP contribution is 2.16. The molecule has 2 heteroatoms. The minimum atomic E-state index is 0.644. The first-order valence-corrected chi connectivity index (χ1v) is 3.47. The number of hydrogen-bond acceptors (Lipinski definition) is 2. The molecule has 0 fully saturated rings. The number of aldehydes is 1. The number of carbonyl (C=O) groups is 1. The van der Waals surface area contributed by atoms with Crippen LogP contribution in [0.4, 0.5) is 5.69 Å². The summed E-state index contributed by atoms with van der Waals surface area (Å²) in [6.07, 6.45) is 0.808.